The fraction of sp³-hybridized carbons (Fsp3) is 0.200. The van der Waals surface area contributed by atoms with E-state index in [0.29, 0.717) is 11.7 Å². The molecule has 0 bridgehead atoms. The summed E-state index contributed by atoms with van der Waals surface area (Å²) in [5.41, 5.74) is 4.44. The van der Waals surface area contributed by atoms with Gasteiger partial charge in [-0.3, -0.25) is 0 Å². The van der Waals surface area contributed by atoms with Gasteiger partial charge in [-0.25, -0.2) is 4.98 Å². The van der Waals surface area contributed by atoms with Gasteiger partial charge in [0, 0.05) is 44.9 Å². The number of hydrogen-bond donors (Lipinski definition) is 0. The van der Waals surface area contributed by atoms with Gasteiger partial charge >= 0.3 is 0 Å². The number of fused-ring (bicyclic) bond motifs is 4. The van der Waals surface area contributed by atoms with Crippen LogP contribution in [0.3, 0.4) is 0 Å². The molecular formula is C35H29N3O2S2. The molecule has 5 nitrogen and oxygen atoms in total. The zero-order valence-electron chi connectivity index (χ0n) is 23.2. The molecule has 2 aliphatic heterocycles. The average Bonchev–Trinajstić information content (AvgIpc) is 3.68. The normalized spacial score (nSPS) is 18.3. The number of rotatable bonds is 5. The monoisotopic (exact) mass is 587 g/mol. The van der Waals surface area contributed by atoms with E-state index in [-0.39, 0.29) is 0 Å². The number of methoxy groups -OCH3 is 1. The molecular weight excluding hydrogens is 559 g/mol. The Morgan fingerprint density at radius 3 is 2.45 bits per heavy atom. The molecule has 0 N–H and O–H groups in total. The number of hydrogen-bond acceptors (Lipinski definition) is 7. The molecule has 1 atom stereocenters. The smallest absolute Gasteiger partial charge is 0.225 e. The van der Waals surface area contributed by atoms with Crippen molar-refractivity contribution in [2.45, 2.75) is 24.9 Å². The number of aromatic nitrogens is 2. The van der Waals surface area contributed by atoms with Crippen LogP contribution in [0.2, 0.25) is 0 Å². The number of nitrogens with zero attached hydrogens (tertiary/aromatic N) is 3. The Labute approximate surface area is 252 Å². The molecule has 1 fully saturated rings. The molecule has 2 aliphatic rings. The highest BCUT2D eigenvalue weighted by Gasteiger charge is 2.38. The summed E-state index contributed by atoms with van der Waals surface area (Å²) in [6, 6.07) is 27.7. The molecule has 3 aromatic carbocycles. The van der Waals surface area contributed by atoms with E-state index in [1.165, 1.54) is 34.3 Å². The second-order valence-electron chi connectivity index (χ2n) is 10.8. The molecule has 0 amide bonds. The number of benzene rings is 3. The van der Waals surface area contributed by atoms with E-state index >= 15 is 0 Å². The van der Waals surface area contributed by atoms with Crippen molar-refractivity contribution in [3.05, 3.63) is 107 Å². The zero-order chi connectivity index (χ0) is 28.1. The van der Waals surface area contributed by atoms with Crippen LogP contribution in [0.5, 0.6) is 11.6 Å². The number of ether oxygens (including phenoxy) is 2. The lowest BCUT2D eigenvalue weighted by atomic mass is 9.83. The van der Waals surface area contributed by atoms with Crippen LogP contribution in [0.1, 0.15) is 36.0 Å². The van der Waals surface area contributed by atoms with Crippen molar-refractivity contribution in [3.8, 4) is 22.3 Å². The van der Waals surface area contributed by atoms with Crippen molar-refractivity contribution in [2.75, 3.05) is 25.1 Å². The fourth-order valence-electron chi connectivity index (χ4n) is 6.23. The Kier molecular flexibility index (Phi) is 6.23. The summed E-state index contributed by atoms with van der Waals surface area (Å²) in [4.78, 5) is 13.4. The molecule has 42 heavy (non-hydrogen) atoms. The summed E-state index contributed by atoms with van der Waals surface area (Å²) < 4.78 is 15.4. The van der Waals surface area contributed by atoms with Crippen LogP contribution in [0.25, 0.3) is 37.1 Å². The Bertz CT molecular complexity index is 1910. The third-order valence-electron chi connectivity index (χ3n) is 8.36. The van der Waals surface area contributed by atoms with Gasteiger partial charge in [0.05, 0.1) is 22.9 Å². The van der Waals surface area contributed by atoms with Crippen molar-refractivity contribution < 1.29 is 9.47 Å². The lowest BCUT2D eigenvalue weighted by Crippen LogP contribution is -2.34. The molecule has 8 rings (SSSR count). The number of piperidine rings is 1. The quantitative estimate of drug-likeness (QED) is 0.202. The molecule has 0 aliphatic carbocycles. The SMILES string of the molecule is COc1nc(-c2cc3sccc3s2)nc2ccc3c(c12)C=CC(c1ccccc1)(c1ccc(N2CCCCC2)cc1)O3. The maximum Gasteiger partial charge on any atom is 0.225 e. The van der Waals surface area contributed by atoms with Crippen LogP contribution in [-0.2, 0) is 5.60 Å². The predicted octanol–water partition coefficient (Wildman–Crippen LogP) is 8.92. The summed E-state index contributed by atoms with van der Waals surface area (Å²) in [5, 5.41) is 2.97. The summed E-state index contributed by atoms with van der Waals surface area (Å²) >= 11 is 3.44. The molecule has 0 radical (unpaired) electrons. The lowest BCUT2D eigenvalue weighted by molar-refractivity contribution is 0.161. The van der Waals surface area contributed by atoms with Gasteiger partial charge in [0.25, 0.3) is 0 Å². The van der Waals surface area contributed by atoms with Crippen molar-refractivity contribution in [3.63, 3.8) is 0 Å². The molecule has 3 aromatic heterocycles. The lowest BCUT2D eigenvalue weighted by Gasteiger charge is -2.37. The molecule has 1 saturated heterocycles. The van der Waals surface area contributed by atoms with E-state index < -0.39 is 5.60 Å². The second-order valence-corrected chi connectivity index (χ2v) is 12.9. The highest BCUT2D eigenvalue weighted by Crippen LogP contribution is 2.46. The van der Waals surface area contributed by atoms with Crippen LogP contribution in [-0.4, -0.2) is 30.2 Å². The predicted molar refractivity (Wildman–Crippen MR) is 174 cm³/mol. The van der Waals surface area contributed by atoms with E-state index in [9.17, 15) is 0 Å². The third kappa shape index (κ3) is 4.18. The average molecular weight is 588 g/mol. The van der Waals surface area contributed by atoms with Crippen LogP contribution in [0.4, 0.5) is 5.69 Å². The van der Waals surface area contributed by atoms with Crippen molar-refractivity contribution in [1.82, 2.24) is 9.97 Å². The highest BCUT2D eigenvalue weighted by molar-refractivity contribution is 7.28. The maximum atomic E-state index is 7.02. The molecule has 0 spiro atoms. The van der Waals surface area contributed by atoms with Crippen molar-refractivity contribution in [2.24, 2.45) is 0 Å². The molecule has 7 heteroatoms. The second kappa shape index (κ2) is 10.3. The van der Waals surface area contributed by atoms with E-state index in [2.05, 4.69) is 83.1 Å². The van der Waals surface area contributed by atoms with Crippen molar-refractivity contribution in [1.29, 1.82) is 0 Å². The van der Waals surface area contributed by atoms with Gasteiger partial charge < -0.3 is 14.4 Å². The third-order valence-corrected chi connectivity index (χ3v) is 10.4. The minimum atomic E-state index is -0.765. The van der Waals surface area contributed by atoms with Crippen molar-refractivity contribution >= 4 is 54.7 Å². The zero-order valence-corrected chi connectivity index (χ0v) is 24.9. The largest absolute Gasteiger partial charge is 0.480 e. The van der Waals surface area contributed by atoms with Crippen LogP contribution in [0, 0.1) is 0 Å². The molecule has 5 heterocycles. The Balaban J connectivity index is 1.23. The van der Waals surface area contributed by atoms with Gasteiger partial charge in [-0.15, -0.1) is 22.7 Å². The van der Waals surface area contributed by atoms with Gasteiger partial charge in [-0.05, 0) is 73.2 Å². The molecule has 208 valence electrons. The summed E-state index contributed by atoms with van der Waals surface area (Å²) in [7, 11) is 1.67. The molecule has 0 saturated carbocycles. The maximum absolute atomic E-state index is 7.02. The first-order valence-corrected chi connectivity index (χ1v) is 16.1. The van der Waals surface area contributed by atoms with E-state index in [4.69, 9.17) is 19.4 Å². The van der Waals surface area contributed by atoms with E-state index in [0.717, 1.165) is 51.3 Å². The molecule has 1 unspecified atom stereocenters. The number of anilines is 1. The minimum absolute atomic E-state index is 0.551. The summed E-state index contributed by atoms with van der Waals surface area (Å²) in [6.45, 7) is 2.24. The van der Waals surface area contributed by atoms with Gasteiger partial charge in [0.2, 0.25) is 5.88 Å². The Morgan fingerprint density at radius 2 is 1.67 bits per heavy atom. The number of thiophene rings is 2. The van der Waals surface area contributed by atoms with Gasteiger partial charge in [0.15, 0.2) is 11.4 Å². The Morgan fingerprint density at radius 1 is 0.857 bits per heavy atom. The molecule has 6 aromatic rings. The van der Waals surface area contributed by atoms with E-state index in [1.54, 1.807) is 29.8 Å². The summed E-state index contributed by atoms with van der Waals surface area (Å²) in [5.74, 6) is 2.01. The Hall–Kier alpha value is -4.20. The highest BCUT2D eigenvalue weighted by atomic mass is 32.1. The first-order chi connectivity index (χ1) is 20.7. The fourth-order valence-corrected chi connectivity index (χ4v) is 8.27. The summed E-state index contributed by atoms with van der Waals surface area (Å²) in [6.07, 6.45) is 8.15. The first kappa shape index (κ1) is 25.5. The van der Waals surface area contributed by atoms with Gasteiger partial charge in [-0.2, -0.15) is 4.98 Å². The van der Waals surface area contributed by atoms with Gasteiger partial charge in [-0.1, -0.05) is 42.5 Å². The topological polar surface area (TPSA) is 47.5 Å². The van der Waals surface area contributed by atoms with Crippen LogP contribution < -0.4 is 14.4 Å². The van der Waals surface area contributed by atoms with E-state index in [1.807, 2.05) is 18.2 Å². The van der Waals surface area contributed by atoms with Crippen LogP contribution >= 0.6 is 22.7 Å². The first-order valence-electron chi connectivity index (χ1n) is 14.4. The van der Waals surface area contributed by atoms with Gasteiger partial charge in [0.1, 0.15) is 5.75 Å². The standard InChI is InChI=1S/C35H29N3O2S2/c1-39-34-32-26-16-18-35(23-8-4-2-5-9-23,24-10-12-25(13-11-24)38-19-6-3-7-20-38)40-28(26)15-14-27(32)36-33(37-34)31-22-30-29(42-31)17-21-41-30/h2,4-5,8-18,21-22H,3,6-7,19-20H2,1H3. The minimum Gasteiger partial charge on any atom is -0.480 e. The van der Waals surface area contributed by atoms with Crippen LogP contribution in [0.15, 0.2) is 90.3 Å².